The highest BCUT2D eigenvalue weighted by molar-refractivity contribution is 4.47. The lowest BCUT2D eigenvalue weighted by molar-refractivity contribution is 0.135. The fourth-order valence-electron chi connectivity index (χ4n) is 0.803. The second-order valence-electron chi connectivity index (χ2n) is 2.61. The van der Waals surface area contributed by atoms with Crippen LogP contribution in [0.25, 0.3) is 0 Å². The van der Waals surface area contributed by atoms with Crippen molar-refractivity contribution in [3.05, 3.63) is 0 Å². The maximum Gasteiger partial charge on any atom is 0.0590 e. The lowest BCUT2D eigenvalue weighted by Gasteiger charge is -2.04. The molecule has 0 heterocycles. The molecule has 0 rings (SSSR count). The number of ether oxygens (including phenoxy) is 1. The molecule has 0 aliphatic rings. The third-order valence-corrected chi connectivity index (χ3v) is 1.46. The number of hydrogen-bond acceptors (Lipinski definition) is 4. The van der Waals surface area contributed by atoms with E-state index >= 15 is 0 Å². The monoisotopic (exact) mass is 175 g/mol. The van der Waals surface area contributed by atoms with Crippen molar-refractivity contribution in [2.24, 2.45) is 5.73 Å². The van der Waals surface area contributed by atoms with Crippen LogP contribution in [-0.4, -0.2) is 46.4 Å². The quantitative estimate of drug-likeness (QED) is 0.400. The van der Waals surface area contributed by atoms with Crippen molar-refractivity contribution >= 4 is 0 Å². The van der Waals surface area contributed by atoms with Gasteiger partial charge >= 0.3 is 0 Å². The molecule has 0 aliphatic heterocycles. The first-order valence-corrected chi connectivity index (χ1v) is 4.55. The predicted molar refractivity (Wildman–Crippen MR) is 51.3 cm³/mol. The van der Waals surface area contributed by atoms with Gasteiger partial charge in [0.2, 0.25) is 0 Å². The Hall–Kier alpha value is -0.160. The molecule has 0 atom stereocenters. The fraction of sp³-hybridized carbons (Fsp3) is 1.00. The summed E-state index contributed by atoms with van der Waals surface area (Å²) < 4.78 is 5.32. The number of nitrogens with two attached hydrogens (primary N) is 1. The molecule has 4 N–H and O–H groups in total. The summed E-state index contributed by atoms with van der Waals surface area (Å²) in [6, 6.07) is 0. The van der Waals surface area contributed by atoms with Crippen molar-refractivity contribution in [2.45, 2.75) is 6.42 Å². The van der Waals surface area contributed by atoms with Crippen molar-refractivity contribution in [3.8, 4) is 0 Å². The van der Waals surface area contributed by atoms with E-state index in [4.69, 9.17) is 10.5 Å². The molecule has 12 heavy (non-hydrogen) atoms. The van der Waals surface area contributed by atoms with Crippen molar-refractivity contribution in [3.63, 3.8) is 0 Å². The molecule has 0 fully saturated rings. The van der Waals surface area contributed by atoms with Crippen LogP contribution in [0.5, 0.6) is 0 Å². The maximum atomic E-state index is 5.32. The molecule has 0 aromatic heterocycles. The number of rotatable bonds is 9. The number of nitrogens with one attached hydrogen (secondary N) is 2. The first-order chi connectivity index (χ1) is 5.91. The number of likely N-dealkylation sites (N-methyl/N-ethyl adjacent to an activating group) is 1. The van der Waals surface area contributed by atoms with Crippen LogP contribution in [0.4, 0.5) is 0 Å². The Morgan fingerprint density at radius 2 is 2.00 bits per heavy atom. The van der Waals surface area contributed by atoms with Crippen LogP contribution in [0.15, 0.2) is 0 Å². The van der Waals surface area contributed by atoms with Crippen LogP contribution in [0, 0.1) is 0 Å². The van der Waals surface area contributed by atoms with Crippen LogP contribution in [0.2, 0.25) is 0 Å². The molecule has 74 valence electrons. The zero-order chi connectivity index (χ0) is 9.07. The largest absolute Gasteiger partial charge is 0.380 e. The molecule has 0 bridgehead atoms. The molecule has 0 radical (unpaired) electrons. The average Bonchev–Trinajstić information content (AvgIpc) is 2.10. The minimum atomic E-state index is 0.709. The molecular weight excluding hydrogens is 154 g/mol. The standard InChI is InChI=1S/C8H21N3O/c1-10-6-8-12-7-2-4-11-5-3-9/h10-11H,2-9H2,1H3. The molecule has 0 saturated heterocycles. The third-order valence-electron chi connectivity index (χ3n) is 1.46. The van der Waals surface area contributed by atoms with Crippen molar-refractivity contribution in [1.82, 2.24) is 10.6 Å². The molecule has 0 aromatic carbocycles. The Labute approximate surface area is 74.8 Å². The lowest BCUT2D eigenvalue weighted by atomic mass is 10.4. The lowest BCUT2D eigenvalue weighted by Crippen LogP contribution is -2.24. The van der Waals surface area contributed by atoms with Crippen molar-refractivity contribution < 1.29 is 4.74 Å². The molecule has 4 heteroatoms. The van der Waals surface area contributed by atoms with Gasteiger partial charge in [-0.1, -0.05) is 0 Å². The van der Waals surface area contributed by atoms with Gasteiger partial charge in [-0.2, -0.15) is 0 Å². The zero-order valence-electron chi connectivity index (χ0n) is 7.94. The summed E-state index contributed by atoms with van der Waals surface area (Å²) >= 11 is 0. The Morgan fingerprint density at radius 3 is 2.67 bits per heavy atom. The summed E-state index contributed by atoms with van der Waals surface area (Å²) in [5.74, 6) is 0. The highest BCUT2D eigenvalue weighted by atomic mass is 16.5. The highest BCUT2D eigenvalue weighted by Gasteiger charge is 1.87. The minimum Gasteiger partial charge on any atom is -0.380 e. The first-order valence-electron chi connectivity index (χ1n) is 4.55. The summed E-state index contributed by atoms with van der Waals surface area (Å²) in [5, 5.41) is 6.23. The third kappa shape index (κ3) is 9.84. The van der Waals surface area contributed by atoms with Gasteiger partial charge in [0.05, 0.1) is 6.61 Å². The molecule has 0 saturated carbocycles. The van der Waals surface area contributed by atoms with Crippen molar-refractivity contribution in [2.75, 3.05) is 46.4 Å². The van der Waals surface area contributed by atoms with Gasteiger partial charge in [-0.25, -0.2) is 0 Å². The Bertz CT molecular complexity index is 70.7. The normalized spacial score (nSPS) is 10.5. The molecule has 0 spiro atoms. The topological polar surface area (TPSA) is 59.3 Å². The smallest absolute Gasteiger partial charge is 0.0590 e. The van der Waals surface area contributed by atoms with Gasteiger partial charge in [0.1, 0.15) is 0 Å². The van der Waals surface area contributed by atoms with Crippen LogP contribution in [-0.2, 0) is 4.74 Å². The van der Waals surface area contributed by atoms with Gasteiger partial charge in [0.15, 0.2) is 0 Å². The van der Waals surface area contributed by atoms with Crippen LogP contribution < -0.4 is 16.4 Å². The first kappa shape index (κ1) is 11.8. The molecule has 4 nitrogen and oxygen atoms in total. The van der Waals surface area contributed by atoms with Gasteiger partial charge in [-0.3, -0.25) is 0 Å². The minimum absolute atomic E-state index is 0.709. The maximum absolute atomic E-state index is 5.32. The van der Waals surface area contributed by atoms with E-state index in [1.54, 1.807) is 0 Å². The SMILES string of the molecule is CNCCOCCCNCCN. The second-order valence-corrected chi connectivity index (χ2v) is 2.61. The van der Waals surface area contributed by atoms with E-state index in [0.29, 0.717) is 6.54 Å². The summed E-state index contributed by atoms with van der Waals surface area (Å²) in [4.78, 5) is 0. The molecule has 0 amide bonds. The van der Waals surface area contributed by atoms with Crippen LogP contribution >= 0.6 is 0 Å². The summed E-state index contributed by atoms with van der Waals surface area (Å²) in [5.41, 5.74) is 5.31. The summed E-state index contributed by atoms with van der Waals surface area (Å²) in [7, 11) is 1.92. The molecule has 0 aromatic rings. The van der Waals surface area contributed by atoms with Gasteiger partial charge in [0, 0.05) is 26.2 Å². The van der Waals surface area contributed by atoms with E-state index in [1.165, 1.54) is 0 Å². The predicted octanol–water partition coefficient (Wildman–Crippen LogP) is -0.839. The van der Waals surface area contributed by atoms with Gasteiger partial charge in [-0.05, 0) is 20.0 Å². The van der Waals surface area contributed by atoms with Gasteiger partial charge in [0.25, 0.3) is 0 Å². The highest BCUT2D eigenvalue weighted by Crippen LogP contribution is 1.79. The fourth-order valence-corrected chi connectivity index (χ4v) is 0.803. The van der Waals surface area contributed by atoms with Gasteiger partial charge < -0.3 is 21.1 Å². The van der Waals surface area contributed by atoms with E-state index in [2.05, 4.69) is 10.6 Å². The van der Waals surface area contributed by atoms with E-state index in [0.717, 1.165) is 39.3 Å². The van der Waals surface area contributed by atoms with Crippen molar-refractivity contribution in [1.29, 1.82) is 0 Å². The zero-order valence-corrected chi connectivity index (χ0v) is 7.94. The van der Waals surface area contributed by atoms with E-state index in [-0.39, 0.29) is 0 Å². The Morgan fingerprint density at radius 1 is 1.17 bits per heavy atom. The van der Waals surface area contributed by atoms with E-state index in [9.17, 15) is 0 Å². The average molecular weight is 175 g/mol. The second kappa shape index (κ2) is 10.8. The van der Waals surface area contributed by atoms with Crippen LogP contribution in [0.3, 0.4) is 0 Å². The molecular formula is C8H21N3O. The number of hydrogen-bond donors (Lipinski definition) is 3. The summed E-state index contributed by atoms with van der Waals surface area (Å²) in [6.07, 6.45) is 1.06. The van der Waals surface area contributed by atoms with Gasteiger partial charge in [-0.15, -0.1) is 0 Å². The molecule has 0 unspecified atom stereocenters. The summed E-state index contributed by atoms with van der Waals surface area (Å²) in [6.45, 7) is 5.16. The Kier molecular flexibility index (Phi) is 10.7. The van der Waals surface area contributed by atoms with Crippen LogP contribution in [0.1, 0.15) is 6.42 Å². The Balaban J connectivity index is 2.73. The van der Waals surface area contributed by atoms with E-state index < -0.39 is 0 Å². The molecule has 0 aliphatic carbocycles. The van der Waals surface area contributed by atoms with E-state index in [1.807, 2.05) is 7.05 Å².